The molecular formula is C13H20O2. The smallest absolute Gasteiger partial charge is 0.136 e. The molecule has 3 aliphatic rings. The molecule has 0 amide bonds. The zero-order valence-electron chi connectivity index (χ0n) is 9.50. The van der Waals surface area contributed by atoms with Gasteiger partial charge in [0.2, 0.25) is 0 Å². The molecule has 1 aliphatic heterocycles. The van der Waals surface area contributed by atoms with E-state index in [4.69, 9.17) is 4.74 Å². The van der Waals surface area contributed by atoms with Gasteiger partial charge in [0.15, 0.2) is 0 Å². The van der Waals surface area contributed by atoms with E-state index in [0.717, 1.165) is 19.4 Å². The van der Waals surface area contributed by atoms with E-state index in [1.807, 2.05) is 0 Å². The van der Waals surface area contributed by atoms with Crippen LogP contribution in [0.15, 0.2) is 0 Å². The third-order valence-electron chi connectivity index (χ3n) is 5.04. The Balaban J connectivity index is 1.92. The van der Waals surface area contributed by atoms with Crippen molar-refractivity contribution in [1.29, 1.82) is 0 Å². The van der Waals surface area contributed by atoms with Gasteiger partial charge >= 0.3 is 0 Å². The van der Waals surface area contributed by atoms with Crippen molar-refractivity contribution < 1.29 is 9.53 Å². The third kappa shape index (κ3) is 1.30. The minimum absolute atomic E-state index is 0.281. The Morgan fingerprint density at radius 1 is 1.40 bits per heavy atom. The molecule has 0 unspecified atom stereocenters. The molecule has 84 valence electrons. The zero-order valence-corrected chi connectivity index (χ0v) is 9.50. The Bertz CT molecular complexity index is 286. The molecule has 2 nitrogen and oxygen atoms in total. The summed E-state index contributed by atoms with van der Waals surface area (Å²) in [6, 6.07) is 0. The summed E-state index contributed by atoms with van der Waals surface area (Å²) in [5.74, 6) is 1.42. The summed E-state index contributed by atoms with van der Waals surface area (Å²) in [5, 5.41) is 0. The quantitative estimate of drug-likeness (QED) is 0.611. The number of hydrogen-bond donors (Lipinski definition) is 0. The lowest BCUT2D eigenvalue weighted by molar-refractivity contribution is -0.135. The van der Waals surface area contributed by atoms with Gasteiger partial charge in [-0.3, -0.25) is 4.79 Å². The second-order valence-electron chi connectivity index (χ2n) is 5.75. The minimum atomic E-state index is 0.281. The molecule has 1 saturated heterocycles. The number of carbonyl (C=O) groups excluding carboxylic acids is 1. The van der Waals surface area contributed by atoms with E-state index < -0.39 is 0 Å². The van der Waals surface area contributed by atoms with Crippen molar-refractivity contribution in [2.45, 2.75) is 51.6 Å². The van der Waals surface area contributed by atoms with E-state index in [0.29, 0.717) is 23.2 Å². The third-order valence-corrected chi connectivity index (χ3v) is 5.04. The number of Topliss-reactive ketones (excluding diaryl/α,β-unsaturated/α-hetero) is 1. The number of ketones is 1. The molecule has 3 rings (SSSR count). The van der Waals surface area contributed by atoms with Crippen molar-refractivity contribution in [3.63, 3.8) is 0 Å². The highest BCUT2D eigenvalue weighted by Gasteiger charge is 2.54. The molecule has 0 aromatic carbocycles. The first-order valence-corrected chi connectivity index (χ1v) is 6.37. The fourth-order valence-corrected chi connectivity index (χ4v) is 4.23. The standard InChI is InChI=1S/C13H20O2/c1-9-8-13-5-6-15-12(13)4-2-3-10(13)7-11(9)14/h9-10,12H,2-8H2,1H3/t9-,10+,12+,13+/m1/s1. The second-order valence-corrected chi connectivity index (χ2v) is 5.75. The number of rotatable bonds is 0. The fourth-order valence-electron chi connectivity index (χ4n) is 4.23. The lowest BCUT2D eigenvalue weighted by Crippen LogP contribution is -2.48. The molecule has 1 heterocycles. The van der Waals surface area contributed by atoms with Gasteiger partial charge in [0.05, 0.1) is 6.10 Å². The van der Waals surface area contributed by atoms with E-state index in [1.54, 1.807) is 0 Å². The van der Waals surface area contributed by atoms with Crippen molar-refractivity contribution in [3.8, 4) is 0 Å². The first kappa shape index (κ1) is 9.83. The molecule has 4 atom stereocenters. The molecule has 0 aromatic rings. The van der Waals surface area contributed by atoms with Crippen molar-refractivity contribution in [3.05, 3.63) is 0 Å². The number of ether oxygens (including phenoxy) is 1. The SMILES string of the molecule is C[C@@H]1C[C@]23CCO[C@H]2CCC[C@H]3CC1=O. The molecule has 1 spiro atoms. The highest BCUT2D eigenvalue weighted by atomic mass is 16.5. The van der Waals surface area contributed by atoms with Gasteiger partial charge in [0.1, 0.15) is 5.78 Å². The monoisotopic (exact) mass is 208 g/mol. The van der Waals surface area contributed by atoms with Gasteiger partial charge in [-0.05, 0) is 31.6 Å². The summed E-state index contributed by atoms with van der Waals surface area (Å²) in [4.78, 5) is 11.8. The Labute approximate surface area is 91.4 Å². The van der Waals surface area contributed by atoms with Crippen LogP contribution in [0.25, 0.3) is 0 Å². The Hall–Kier alpha value is -0.370. The summed E-state index contributed by atoms with van der Waals surface area (Å²) in [6.07, 6.45) is 7.38. The molecular weight excluding hydrogens is 188 g/mol. The molecule has 0 aromatic heterocycles. The van der Waals surface area contributed by atoms with Crippen molar-refractivity contribution in [1.82, 2.24) is 0 Å². The van der Waals surface area contributed by atoms with Crippen LogP contribution < -0.4 is 0 Å². The van der Waals surface area contributed by atoms with Gasteiger partial charge in [-0.25, -0.2) is 0 Å². The van der Waals surface area contributed by atoms with Crippen molar-refractivity contribution >= 4 is 5.78 Å². The second kappa shape index (κ2) is 3.31. The van der Waals surface area contributed by atoms with Gasteiger partial charge < -0.3 is 4.74 Å². The predicted octanol–water partition coefficient (Wildman–Crippen LogP) is 2.56. The Kier molecular flexibility index (Phi) is 2.17. The summed E-state index contributed by atoms with van der Waals surface area (Å²) < 4.78 is 5.89. The van der Waals surface area contributed by atoms with Crippen LogP contribution in [0.3, 0.4) is 0 Å². The lowest BCUT2D eigenvalue weighted by Gasteiger charge is -2.49. The van der Waals surface area contributed by atoms with Gasteiger partial charge in [-0.15, -0.1) is 0 Å². The van der Waals surface area contributed by atoms with Crippen molar-refractivity contribution in [2.75, 3.05) is 6.61 Å². The Morgan fingerprint density at radius 2 is 2.27 bits per heavy atom. The molecule has 3 fully saturated rings. The summed E-state index contributed by atoms with van der Waals surface area (Å²) in [7, 11) is 0. The molecule has 0 bridgehead atoms. The highest BCUT2D eigenvalue weighted by Crippen LogP contribution is 2.56. The molecule has 2 aliphatic carbocycles. The fraction of sp³-hybridized carbons (Fsp3) is 0.923. The van der Waals surface area contributed by atoms with Gasteiger partial charge in [0, 0.05) is 24.4 Å². The van der Waals surface area contributed by atoms with Crippen LogP contribution in [-0.4, -0.2) is 18.5 Å². The van der Waals surface area contributed by atoms with Crippen LogP contribution in [-0.2, 0) is 9.53 Å². The van der Waals surface area contributed by atoms with Gasteiger partial charge in [-0.1, -0.05) is 13.3 Å². The summed E-state index contributed by atoms with van der Waals surface area (Å²) in [6.45, 7) is 3.04. The maximum atomic E-state index is 11.8. The number of hydrogen-bond acceptors (Lipinski definition) is 2. The van der Waals surface area contributed by atoms with E-state index in [1.165, 1.54) is 25.7 Å². The van der Waals surface area contributed by atoms with Crippen LogP contribution in [0, 0.1) is 17.3 Å². The van der Waals surface area contributed by atoms with Crippen LogP contribution in [0.4, 0.5) is 0 Å². The van der Waals surface area contributed by atoms with E-state index in [-0.39, 0.29) is 5.92 Å². The van der Waals surface area contributed by atoms with Crippen LogP contribution in [0.5, 0.6) is 0 Å². The normalized spacial score (nSPS) is 49.9. The van der Waals surface area contributed by atoms with E-state index in [2.05, 4.69) is 6.92 Å². The van der Waals surface area contributed by atoms with Crippen LogP contribution in [0.1, 0.15) is 45.4 Å². The zero-order chi connectivity index (χ0) is 10.5. The maximum absolute atomic E-state index is 11.8. The largest absolute Gasteiger partial charge is 0.378 e. The predicted molar refractivity (Wildman–Crippen MR) is 57.5 cm³/mol. The van der Waals surface area contributed by atoms with Gasteiger partial charge in [-0.2, -0.15) is 0 Å². The number of carbonyl (C=O) groups is 1. The molecule has 15 heavy (non-hydrogen) atoms. The Morgan fingerprint density at radius 3 is 3.13 bits per heavy atom. The molecule has 2 saturated carbocycles. The van der Waals surface area contributed by atoms with E-state index in [9.17, 15) is 4.79 Å². The first-order chi connectivity index (χ1) is 7.22. The first-order valence-electron chi connectivity index (χ1n) is 6.37. The topological polar surface area (TPSA) is 26.3 Å². The minimum Gasteiger partial charge on any atom is -0.378 e. The molecule has 0 N–H and O–H groups in total. The molecule has 2 heteroatoms. The maximum Gasteiger partial charge on any atom is 0.136 e. The summed E-state index contributed by atoms with van der Waals surface area (Å²) in [5.41, 5.74) is 0.394. The van der Waals surface area contributed by atoms with Crippen LogP contribution >= 0.6 is 0 Å². The average molecular weight is 208 g/mol. The van der Waals surface area contributed by atoms with Crippen LogP contribution in [0.2, 0.25) is 0 Å². The lowest BCUT2D eigenvalue weighted by atomic mass is 9.55. The van der Waals surface area contributed by atoms with Crippen molar-refractivity contribution in [2.24, 2.45) is 17.3 Å². The average Bonchev–Trinajstić information content (AvgIpc) is 2.61. The van der Waals surface area contributed by atoms with Gasteiger partial charge in [0.25, 0.3) is 0 Å². The summed E-state index contributed by atoms with van der Waals surface area (Å²) >= 11 is 0. The molecule has 0 radical (unpaired) electrons. The highest BCUT2D eigenvalue weighted by molar-refractivity contribution is 5.82. The van der Waals surface area contributed by atoms with E-state index >= 15 is 0 Å².